The molecule has 2 rings (SSSR count). The molecule has 0 spiro atoms. The van der Waals surface area contributed by atoms with Gasteiger partial charge in [0.05, 0.1) is 21.0 Å². The standard InChI is InChI=1S/C12H16BrN3O3/c1-7-9(16(17)18)6-14-11(10(7)13)15-12(3)4-5-19-8(12)2/h6,8H,4-5H2,1-3H3,(H,14,15). The van der Waals surface area contributed by atoms with Gasteiger partial charge in [0.1, 0.15) is 12.0 Å². The van der Waals surface area contributed by atoms with Crippen molar-refractivity contribution < 1.29 is 9.66 Å². The average molecular weight is 330 g/mol. The Balaban J connectivity index is 2.32. The molecule has 7 heteroatoms. The van der Waals surface area contributed by atoms with Crippen molar-refractivity contribution in [1.29, 1.82) is 0 Å². The highest BCUT2D eigenvalue weighted by Gasteiger charge is 2.38. The zero-order valence-electron chi connectivity index (χ0n) is 11.1. The van der Waals surface area contributed by atoms with Crippen LogP contribution in [0.1, 0.15) is 25.8 Å². The van der Waals surface area contributed by atoms with Gasteiger partial charge < -0.3 is 10.1 Å². The Hall–Kier alpha value is -1.21. The van der Waals surface area contributed by atoms with Crippen LogP contribution in [0.25, 0.3) is 0 Å². The second kappa shape index (κ2) is 5.05. The number of rotatable bonds is 3. The van der Waals surface area contributed by atoms with Crippen LogP contribution in [-0.4, -0.2) is 28.2 Å². The van der Waals surface area contributed by atoms with Gasteiger partial charge in [-0.3, -0.25) is 10.1 Å². The third-order valence-corrected chi connectivity index (χ3v) is 4.69. The fraction of sp³-hybridized carbons (Fsp3) is 0.583. The molecule has 0 amide bonds. The molecule has 2 atom stereocenters. The second-order valence-corrected chi connectivity index (χ2v) is 5.79. The summed E-state index contributed by atoms with van der Waals surface area (Å²) < 4.78 is 6.19. The fourth-order valence-corrected chi connectivity index (χ4v) is 2.51. The summed E-state index contributed by atoms with van der Waals surface area (Å²) in [6, 6.07) is 0. The van der Waals surface area contributed by atoms with Crippen molar-refractivity contribution in [3.8, 4) is 0 Å². The lowest BCUT2D eigenvalue weighted by Gasteiger charge is -2.30. The molecule has 6 nitrogen and oxygen atoms in total. The Morgan fingerprint density at radius 1 is 1.68 bits per heavy atom. The Morgan fingerprint density at radius 3 is 2.89 bits per heavy atom. The van der Waals surface area contributed by atoms with E-state index in [2.05, 4.69) is 33.2 Å². The maximum atomic E-state index is 10.8. The molecule has 1 aromatic heterocycles. The number of hydrogen-bond acceptors (Lipinski definition) is 5. The summed E-state index contributed by atoms with van der Waals surface area (Å²) in [6.45, 7) is 6.47. The number of ether oxygens (including phenoxy) is 1. The van der Waals surface area contributed by atoms with Gasteiger partial charge in [0.2, 0.25) is 0 Å². The van der Waals surface area contributed by atoms with Crippen molar-refractivity contribution >= 4 is 27.4 Å². The highest BCUT2D eigenvalue weighted by Crippen LogP contribution is 2.35. The van der Waals surface area contributed by atoms with Crippen LogP contribution in [0.4, 0.5) is 11.5 Å². The summed E-state index contributed by atoms with van der Waals surface area (Å²) in [5, 5.41) is 14.2. The predicted molar refractivity (Wildman–Crippen MR) is 75.4 cm³/mol. The number of aromatic nitrogens is 1. The Bertz CT molecular complexity index is 523. The SMILES string of the molecule is Cc1c([N+](=O)[O-])cnc(NC2(C)CCOC2C)c1Br. The Labute approximate surface area is 119 Å². The topological polar surface area (TPSA) is 77.3 Å². The minimum absolute atomic E-state index is 0.0123. The maximum absolute atomic E-state index is 10.8. The average Bonchev–Trinajstić information content (AvgIpc) is 2.65. The maximum Gasteiger partial charge on any atom is 0.291 e. The first-order chi connectivity index (χ1) is 8.85. The molecule has 1 fully saturated rings. The zero-order chi connectivity index (χ0) is 14.2. The van der Waals surface area contributed by atoms with Crippen LogP contribution in [0.3, 0.4) is 0 Å². The van der Waals surface area contributed by atoms with Gasteiger partial charge in [0.25, 0.3) is 5.69 Å². The highest BCUT2D eigenvalue weighted by molar-refractivity contribution is 9.10. The van der Waals surface area contributed by atoms with E-state index < -0.39 is 4.92 Å². The van der Waals surface area contributed by atoms with Crippen LogP contribution in [-0.2, 0) is 4.74 Å². The largest absolute Gasteiger partial charge is 0.376 e. The lowest BCUT2D eigenvalue weighted by molar-refractivity contribution is -0.385. The van der Waals surface area contributed by atoms with Gasteiger partial charge in [-0.25, -0.2) is 4.98 Å². The van der Waals surface area contributed by atoms with Crippen molar-refractivity contribution in [3.05, 3.63) is 26.3 Å². The molecule has 0 bridgehead atoms. The first kappa shape index (κ1) is 14.2. The lowest BCUT2D eigenvalue weighted by atomic mass is 9.94. The van der Waals surface area contributed by atoms with Gasteiger partial charge in [-0.2, -0.15) is 0 Å². The van der Waals surface area contributed by atoms with E-state index in [1.54, 1.807) is 6.92 Å². The van der Waals surface area contributed by atoms with Gasteiger partial charge in [-0.15, -0.1) is 0 Å². The van der Waals surface area contributed by atoms with Crippen molar-refractivity contribution in [2.45, 2.75) is 38.8 Å². The number of nitrogens with one attached hydrogen (secondary N) is 1. The van der Waals surface area contributed by atoms with Crippen LogP contribution >= 0.6 is 15.9 Å². The molecule has 0 aliphatic carbocycles. The summed E-state index contributed by atoms with van der Waals surface area (Å²) >= 11 is 3.38. The summed E-state index contributed by atoms with van der Waals surface area (Å²) in [7, 11) is 0. The summed E-state index contributed by atoms with van der Waals surface area (Å²) in [5.74, 6) is 0.614. The monoisotopic (exact) mass is 329 g/mol. The third kappa shape index (κ3) is 2.57. The Morgan fingerprint density at radius 2 is 2.37 bits per heavy atom. The number of anilines is 1. The van der Waals surface area contributed by atoms with E-state index in [9.17, 15) is 10.1 Å². The van der Waals surface area contributed by atoms with E-state index in [0.29, 0.717) is 22.5 Å². The molecule has 1 aromatic rings. The van der Waals surface area contributed by atoms with Crippen molar-refractivity contribution in [3.63, 3.8) is 0 Å². The molecule has 1 aliphatic rings. The number of nitrogens with zero attached hydrogens (tertiary/aromatic N) is 2. The molecule has 2 unspecified atom stereocenters. The van der Waals surface area contributed by atoms with Crippen molar-refractivity contribution in [2.24, 2.45) is 0 Å². The van der Waals surface area contributed by atoms with Crippen LogP contribution in [0.5, 0.6) is 0 Å². The molecule has 1 aliphatic heterocycles. The van der Waals surface area contributed by atoms with Crippen LogP contribution in [0.2, 0.25) is 0 Å². The molecule has 0 radical (unpaired) electrons. The molecule has 1 saturated heterocycles. The van der Waals surface area contributed by atoms with Crippen molar-refractivity contribution in [2.75, 3.05) is 11.9 Å². The predicted octanol–water partition coefficient (Wildman–Crippen LogP) is 3.04. The normalized spacial score (nSPS) is 26.4. The van der Waals surface area contributed by atoms with E-state index in [0.717, 1.165) is 6.42 Å². The molecular weight excluding hydrogens is 314 g/mol. The zero-order valence-corrected chi connectivity index (χ0v) is 12.7. The number of hydrogen-bond donors (Lipinski definition) is 1. The Kier molecular flexibility index (Phi) is 3.78. The summed E-state index contributed by atoms with van der Waals surface area (Å²) in [5.41, 5.74) is 0.369. The lowest BCUT2D eigenvalue weighted by Crippen LogP contribution is -2.41. The third-order valence-electron chi connectivity index (χ3n) is 3.72. The quantitative estimate of drug-likeness (QED) is 0.681. The molecular formula is C12H16BrN3O3. The van der Waals surface area contributed by atoms with Gasteiger partial charge >= 0.3 is 0 Å². The van der Waals surface area contributed by atoms with Crippen molar-refractivity contribution in [1.82, 2.24) is 4.98 Å². The number of pyridine rings is 1. The smallest absolute Gasteiger partial charge is 0.291 e. The second-order valence-electron chi connectivity index (χ2n) is 4.99. The fourth-order valence-electron chi connectivity index (χ4n) is 2.11. The van der Waals surface area contributed by atoms with Crippen LogP contribution in [0, 0.1) is 17.0 Å². The molecule has 19 heavy (non-hydrogen) atoms. The van der Waals surface area contributed by atoms with Gasteiger partial charge in [-0.05, 0) is 43.1 Å². The van der Waals surface area contributed by atoms with Crippen LogP contribution < -0.4 is 5.32 Å². The number of halogens is 1. The summed E-state index contributed by atoms with van der Waals surface area (Å²) in [4.78, 5) is 14.6. The van der Waals surface area contributed by atoms with Gasteiger partial charge in [0, 0.05) is 12.2 Å². The molecule has 104 valence electrons. The minimum Gasteiger partial charge on any atom is -0.376 e. The highest BCUT2D eigenvalue weighted by atomic mass is 79.9. The molecule has 1 N–H and O–H groups in total. The van der Waals surface area contributed by atoms with Crippen LogP contribution in [0.15, 0.2) is 10.7 Å². The number of nitro groups is 1. The molecule has 0 saturated carbocycles. The van der Waals surface area contributed by atoms with E-state index in [1.807, 2.05) is 6.92 Å². The first-order valence-electron chi connectivity index (χ1n) is 6.04. The van der Waals surface area contributed by atoms with E-state index >= 15 is 0 Å². The molecule has 0 aromatic carbocycles. The van der Waals surface area contributed by atoms with Gasteiger partial charge in [0.15, 0.2) is 0 Å². The van der Waals surface area contributed by atoms with E-state index in [-0.39, 0.29) is 17.3 Å². The minimum atomic E-state index is -0.431. The first-order valence-corrected chi connectivity index (χ1v) is 6.84. The summed E-state index contributed by atoms with van der Waals surface area (Å²) in [6.07, 6.45) is 2.22. The van der Waals surface area contributed by atoms with E-state index in [1.165, 1.54) is 6.20 Å². The van der Waals surface area contributed by atoms with Gasteiger partial charge in [-0.1, -0.05) is 0 Å². The van der Waals surface area contributed by atoms with E-state index in [4.69, 9.17) is 4.74 Å². The molecule has 2 heterocycles.